The van der Waals surface area contributed by atoms with Crippen LogP contribution in [0, 0.1) is 0 Å². The van der Waals surface area contributed by atoms with Crippen molar-refractivity contribution in [1.82, 2.24) is 10.2 Å². The molecule has 2 aliphatic rings. The number of hydrogen-bond acceptors (Lipinski definition) is 3. The number of nitrogens with one attached hydrogen (secondary N) is 1. The zero-order valence-corrected chi connectivity index (χ0v) is 14.2. The fourth-order valence-electron chi connectivity index (χ4n) is 3.61. The van der Waals surface area contributed by atoms with Crippen molar-refractivity contribution in [3.63, 3.8) is 0 Å². The molecule has 5 heteroatoms. The molecular formula is C18H26N2O3. The summed E-state index contributed by atoms with van der Waals surface area (Å²) in [6.45, 7) is 6.15. The number of urea groups is 1. The quantitative estimate of drug-likeness (QED) is 0.912. The summed E-state index contributed by atoms with van der Waals surface area (Å²) in [5, 5.41) is 2.97. The van der Waals surface area contributed by atoms with E-state index in [9.17, 15) is 4.79 Å². The van der Waals surface area contributed by atoms with Crippen LogP contribution in [0.3, 0.4) is 0 Å². The third-order valence-electron chi connectivity index (χ3n) is 4.82. The van der Waals surface area contributed by atoms with Gasteiger partial charge in [0.05, 0.1) is 19.3 Å². The van der Waals surface area contributed by atoms with Gasteiger partial charge in [0.1, 0.15) is 5.75 Å². The largest absolute Gasteiger partial charge is 0.497 e. The highest BCUT2D eigenvalue weighted by Crippen LogP contribution is 2.42. The van der Waals surface area contributed by atoms with Crippen LogP contribution in [-0.2, 0) is 16.8 Å². The summed E-state index contributed by atoms with van der Waals surface area (Å²) in [5.41, 5.74) is 2.35. The van der Waals surface area contributed by atoms with E-state index < -0.39 is 0 Å². The minimum Gasteiger partial charge on any atom is -0.497 e. The predicted molar refractivity (Wildman–Crippen MR) is 88.8 cm³/mol. The van der Waals surface area contributed by atoms with E-state index in [1.54, 1.807) is 7.11 Å². The van der Waals surface area contributed by atoms with Gasteiger partial charge in [0.25, 0.3) is 0 Å². The van der Waals surface area contributed by atoms with Gasteiger partial charge in [-0.05, 0) is 56.4 Å². The van der Waals surface area contributed by atoms with Gasteiger partial charge in [0.2, 0.25) is 0 Å². The van der Waals surface area contributed by atoms with E-state index in [0.29, 0.717) is 0 Å². The molecule has 0 unspecified atom stereocenters. The number of benzene rings is 1. The van der Waals surface area contributed by atoms with Crippen LogP contribution >= 0.6 is 0 Å². The lowest BCUT2D eigenvalue weighted by atomic mass is 9.79. The summed E-state index contributed by atoms with van der Waals surface area (Å²) in [4.78, 5) is 14.1. The number of carbonyl (C=O) groups is 1. The van der Waals surface area contributed by atoms with Crippen molar-refractivity contribution in [1.29, 1.82) is 0 Å². The van der Waals surface area contributed by atoms with Crippen LogP contribution in [0.15, 0.2) is 18.2 Å². The first-order chi connectivity index (χ1) is 11.0. The van der Waals surface area contributed by atoms with Gasteiger partial charge in [-0.2, -0.15) is 0 Å². The Kier molecular flexibility index (Phi) is 4.48. The lowest BCUT2D eigenvalue weighted by Gasteiger charge is -2.45. The maximum absolute atomic E-state index is 12.2. The first kappa shape index (κ1) is 16.1. The average molecular weight is 318 g/mol. The molecule has 126 valence electrons. The number of hydrogen-bond donors (Lipinski definition) is 1. The minimum absolute atomic E-state index is 0.0283. The van der Waals surface area contributed by atoms with Crippen LogP contribution in [0.5, 0.6) is 5.75 Å². The third kappa shape index (κ3) is 3.15. The van der Waals surface area contributed by atoms with Gasteiger partial charge in [0.15, 0.2) is 0 Å². The van der Waals surface area contributed by atoms with Gasteiger partial charge in [-0.25, -0.2) is 4.79 Å². The van der Waals surface area contributed by atoms with Crippen molar-refractivity contribution in [2.75, 3.05) is 26.8 Å². The Bertz CT molecular complexity index is 578. The summed E-state index contributed by atoms with van der Waals surface area (Å²) >= 11 is 0. The number of fused-ring (bicyclic) bond motifs is 2. The molecule has 0 atom stereocenters. The van der Waals surface area contributed by atoms with E-state index in [0.717, 1.165) is 44.7 Å². The van der Waals surface area contributed by atoms with Crippen LogP contribution in [0.1, 0.15) is 37.8 Å². The molecule has 1 saturated heterocycles. The van der Waals surface area contributed by atoms with Crippen LogP contribution in [-0.4, -0.2) is 43.8 Å². The zero-order valence-electron chi connectivity index (χ0n) is 14.2. The number of methoxy groups -OCH3 is 1. The second-order valence-electron chi connectivity index (χ2n) is 6.71. The monoisotopic (exact) mass is 318 g/mol. The molecule has 0 radical (unpaired) electrons. The highest BCUT2D eigenvalue weighted by molar-refractivity contribution is 5.74. The van der Waals surface area contributed by atoms with Crippen molar-refractivity contribution in [2.45, 2.75) is 44.8 Å². The molecule has 0 bridgehead atoms. The Labute approximate surface area is 137 Å². The number of carbonyl (C=O) groups excluding carboxylic acids is 1. The van der Waals surface area contributed by atoms with E-state index in [1.807, 2.05) is 24.8 Å². The highest BCUT2D eigenvalue weighted by Gasteiger charge is 2.41. The summed E-state index contributed by atoms with van der Waals surface area (Å²) in [5.74, 6) is 0.898. The molecule has 0 saturated carbocycles. The zero-order chi connectivity index (χ0) is 16.4. The highest BCUT2D eigenvalue weighted by atomic mass is 16.5. The Balaban J connectivity index is 1.75. The van der Waals surface area contributed by atoms with Crippen molar-refractivity contribution in [2.24, 2.45) is 0 Å². The molecule has 2 amide bonds. The SMILES string of the molecule is COc1ccc2c(c1)CCOC21CCN(C(=O)NC(C)C)CC1. The number of likely N-dealkylation sites (tertiary alicyclic amines) is 1. The van der Waals surface area contributed by atoms with Crippen LogP contribution in [0.2, 0.25) is 0 Å². The van der Waals surface area contributed by atoms with Crippen molar-refractivity contribution < 1.29 is 14.3 Å². The maximum atomic E-state index is 12.2. The molecule has 1 spiro atoms. The van der Waals surface area contributed by atoms with Gasteiger partial charge >= 0.3 is 6.03 Å². The second kappa shape index (κ2) is 6.40. The fourth-order valence-corrected chi connectivity index (χ4v) is 3.61. The maximum Gasteiger partial charge on any atom is 0.317 e. The molecule has 2 aliphatic heterocycles. The lowest BCUT2D eigenvalue weighted by molar-refractivity contribution is -0.0926. The molecule has 1 aromatic rings. The molecular weight excluding hydrogens is 292 g/mol. The van der Waals surface area contributed by atoms with Crippen LogP contribution < -0.4 is 10.1 Å². The van der Waals surface area contributed by atoms with E-state index in [4.69, 9.17) is 9.47 Å². The molecule has 23 heavy (non-hydrogen) atoms. The molecule has 3 rings (SSSR count). The molecule has 5 nitrogen and oxygen atoms in total. The summed E-state index contributed by atoms with van der Waals surface area (Å²) < 4.78 is 11.6. The second-order valence-corrected chi connectivity index (χ2v) is 6.71. The fraction of sp³-hybridized carbons (Fsp3) is 0.611. The van der Waals surface area contributed by atoms with Crippen LogP contribution in [0.25, 0.3) is 0 Å². The summed E-state index contributed by atoms with van der Waals surface area (Å²) in [6, 6.07) is 6.46. The van der Waals surface area contributed by atoms with Gasteiger partial charge in [-0.15, -0.1) is 0 Å². The van der Waals surface area contributed by atoms with Crippen LogP contribution in [0.4, 0.5) is 4.79 Å². The van der Waals surface area contributed by atoms with E-state index >= 15 is 0 Å². The predicted octanol–water partition coefficient (Wildman–Crippen LogP) is 2.68. The molecule has 2 heterocycles. The number of rotatable bonds is 2. The van der Waals surface area contributed by atoms with Crippen molar-refractivity contribution in [3.8, 4) is 5.75 Å². The molecule has 1 N–H and O–H groups in total. The van der Waals surface area contributed by atoms with E-state index in [2.05, 4.69) is 17.4 Å². The first-order valence-corrected chi connectivity index (χ1v) is 8.41. The number of amides is 2. The first-order valence-electron chi connectivity index (χ1n) is 8.41. The lowest BCUT2D eigenvalue weighted by Crippen LogP contribution is -2.51. The van der Waals surface area contributed by atoms with Crippen molar-refractivity contribution >= 4 is 6.03 Å². The van der Waals surface area contributed by atoms with Gasteiger partial charge in [-0.3, -0.25) is 0 Å². The molecule has 0 aliphatic carbocycles. The Morgan fingerprint density at radius 3 is 2.74 bits per heavy atom. The van der Waals surface area contributed by atoms with Gasteiger partial charge < -0.3 is 19.7 Å². The molecule has 1 fully saturated rings. The van der Waals surface area contributed by atoms with Crippen molar-refractivity contribution in [3.05, 3.63) is 29.3 Å². The molecule has 0 aromatic heterocycles. The molecule has 1 aromatic carbocycles. The summed E-state index contributed by atoms with van der Waals surface area (Å²) in [7, 11) is 1.70. The Morgan fingerprint density at radius 1 is 1.35 bits per heavy atom. The Hall–Kier alpha value is -1.75. The average Bonchev–Trinajstić information content (AvgIpc) is 2.54. The minimum atomic E-state index is -0.242. The van der Waals surface area contributed by atoms with E-state index in [1.165, 1.54) is 11.1 Å². The van der Waals surface area contributed by atoms with Gasteiger partial charge in [0, 0.05) is 19.1 Å². The smallest absolute Gasteiger partial charge is 0.317 e. The van der Waals surface area contributed by atoms with Gasteiger partial charge in [-0.1, -0.05) is 6.07 Å². The topological polar surface area (TPSA) is 50.8 Å². The summed E-state index contributed by atoms with van der Waals surface area (Å²) in [6.07, 6.45) is 2.61. The standard InChI is InChI=1S/C18H26N2O3/c1-13(2)19-17(21)20-9-7-18(8-10-20)16-5-4-15(22-3)12-14(16)6-11-23-18/h4-5,12-13H,6-11H2,1-3H3,(H,19,21). The number of ether oxygens (including phenoxy) is 2. The normalized spacial score (nSPS) is 19.6. The number of nitrogens with zero attached hydrogens (tertiary/aromatic N) is 1. The Morgan fingerprint density at radius 2 is 2.09 bits per heavy atom. The third-order valence-corrected chi connectivity index (χ3v) is 4.82. The van der Waals surface area contributed by atoms with E-state index in [-0.39, 0.29) is 17.7 Å². The number of piperidine rings is 1.